The first-order valence-electron chi connectivity index (χ1n) is 6.34. The number of rotatable bonds is 3. The minimum atomic E-state index is -2.40. The first-order chi connectivity index (χ1) is 8.54. The van der Waals surface area contributed by atoms with Crippen LogP contribution in [0.5, 0.6) is 0 Å². The second kappa shape index (κ2) is 5.63. The zero-order chi connectivity index (χ0) is 13.3. The molecule has 1 aromatic heterocycles. The van der Waals surface area contributed by atoms with Crippen LogP contribution >= 0.6 is 11.3 Å². The number of nitrogens with two attached hydrogens (primary N) is 1. The summed E-state index contributed by atoms with van der Waals surface area (Å²) in [6.45, 7) is 4.80. The van der Waals surface area contributed by atoms with Crippen molar-refractivity contribution in [3.8, 4) is 0 Å². The number of halogens is 2. The van der Waals surface area contributed by atoms with Crippen molar-refractivity contribution in [3.63, 3.8) is 0 Å². The number of hydrogen-bond donors (Lipinski definition) is 2. The molecule has 2 heterocycles. The van der Waals surface area contributed by atoms with Crippen LogP contribution in [0.25, 0.3) is 0 Å². The molecular weight excluding hydrogens is 254 g/mol. The Balaban J connectivity index is 2.31. The molecule has 0 spiro atoms. The molecular formula is C13H20F2N2S. The van der Waals surface area contributed by atoms with Gasteiger partial charge in [0.15, 0.2) is 0 Å². The Labute approximate surface area is 111 Å². The van der Waals surface area contributed by atoms with E-state index in [9.17, 15) is 8.78 Å². The van der Waals surface area contributed by atoms with E-state index in [0.29, 0.717) is 18.5 Å². The monoisotopic (exact) mass is 274 g/mol. The van der Waals surface area contributed by atoms with E-state index in [-0.39, 0.29) is 17.5 Å². The number of thiophene rings is 1. The predicted molar refractivity (Wildman–Crippen MR) is 70.9 cm³/mol. The average Bonchev–Trinajstić information content (AvgIpc) is 2.76. The van der Waals surface area contributed by atoms with Crippen molar-refractivity contribution < 1.29 is 8.78 Å². The van der Waals surface area contributed by atoms with Gasteiger partial charge in [-0.15, -0.1) is 0 Å². The molecule has 2 rings (SSSR count). The summed E-state index contributed by atoms with van der Waals surface area (Å²) in [5, 5.41) is 6.83. The van der Waals surface area contributed by atoms with E-state index in [0.717, 1.165) is 12.0 Å². The van der Waals surface area contributed by atoms with Crippen LogP contribution in [0, 0.1) is 11.8 Å². The molecule has 2 nitrogen and oxygen atoms in total. The van der Waals surface area contributed by atoms with Crippen molar-refractivity contribution in [2.45, 2.75) is 38.8 Å². The Hall–Kier alpha value is -0.520. The van der Waals surface area contributed by atoms with Gasteiger partial charge in [0.25, 0.3) is 6.43 Å². The van der Waals surface area contributed by atoms with E-state index < -0.39 is 6.43 Å². The zero-order valence-electron chi connectivity index (χ0n) is 10.7. The minimum Gasteiger partial charge on any atom is -0.330 e. The van der Waals surface area contributed by atoms with Gasteiger partial charge in [0, 0.05) is 17.6 Å². The molecule has 0 bridgehead atoms. The summed E-state index contributed by atoms with van der Waals surface area (Å²) in [6, 6.07) is 0.308. The molecule has 1 fully saturated rings. The maximum atomic E-state index is 13.0. The Morgan fingerprint density at radius 1 is 1.44 bits per heavy atom. The number of nitrogens with one attached hydrogen (secondary N) is 1. The highest BCUT2D eigenvalue weighted by molar-refractivity contribution is 7.08. The first kappa shape index (κ1) is 13.9. The quantitative estimate of drug-likeness (QED) is 0.887. The maximum Gasteiger partial charge on any atom is 0.264 e. The summed E-state index contributed by atoms with van der Waals surface area (Å²) in [7, 11) is 0. The van der Waals surface area contributed by atoms with E-state index in [2.05, 4.69) is 19.2 Å². The number of alkyl halides is 2. The fourth-order valence-electron chi connectivity index (χ4n) is 2.99. The van der Waals surface area contributed by atoms with Crippen LogP contribution < -0.4 is 11.1 Å². The van der Waals surface area contributed by atoms with Crippen LogP contribution in [0.3, 0.4) is 0 Å². The summed E-state index contributed by atoms with van der Waals surface area (Å²) in [5.74, 6) is 0.690. The highest BCUT2D eigenvalue weighted by atomic mass is 32.1. The van der Waals surface area contributed by atoms with Gasteiger partial charge in [-0.05, 0) is 48.0 Å². The molecule has 1 aliphatic heterocycles. The van der Waals surface area contributed by atoms with Crippen LogP contribution in [0.1, 0.15) is 43.9 Å². The fourth-order valence-corrected chi connectivity index (χ4v) is 3.88. The van der Waals surface area contributed by atoms with Crippen LogP contribution in [-0.2, 0) is 0 Å². The standard InChI is InChI=1S/C13H20F2N2S/c1-7-3-8(2)17-12(9(7)4-16)10-5-18-6-11(10)13(14)15/h5-9,12-13,17H,3-4,16H2,1-2H3. The summed E-state index contributed by atoms with van der Waals surface area (Å²) in [6.07, 6.45) is -1.36. The highest BCUT2D eigenvalue weighted by Crippen LogP contribution is 2.39. The average molecular weight is 274 g/mol. The lowest BCUT2D eigenvalue weighted by molar-refractivity contribution is 0.140. The fraction of sp³-hybridized carbons (Fsp3) is 0.692. The minimum absolute atomic E-state index is 0.0380. The van der Waals surface area contributed by atoms with E-state index in [1.54, 1.807) is 5.38 Å². The van der Waals surface area contributed by atoms with Gasteiger partial charge < -0.3 is 11.1 Å². The molecule has 3 N–H and O–H groups in total. The van der Waals surface area contributed by atoms with Gasteiger partial charge >= 0.3 is 0 Å². The van der Waals surface area contributed by atoms with E-state index in [1.807, 2.05) is 5.38 Å². The van der Waals surface area contributed by atoms with Crippen molar-refractivity contribution >= 4 is 11.3 Å². The van der Waals surface area contributed by atoms with Gasteiger partial charge in [-0.1, -0.05) is 6.92 Å². The molecule has 0 amide bonds. The van der Waals surface area contributed by atoms with Crippen molar-refractivity contribution in [1.29, 1.82) is 0 Å². The molecule has 0 radical (unpaired) electrons. The third-order valence-electron chi connectivity index (χ3n) is 3.91. The third-order valence-corrected chi connectivity index (χ3v) is 4.69. The molecule has 0 aliphatic carbocycles. The maximum absolute atomic E-state index is 13.0. The van der Waals surface area contributed by atoms with Gasteiger partial charge in [-0.2, -0.15) is 11.3 Å². The number of piperidine rings is 1. The second-order valence-electron chi connectivity index (χ2n) is 5.24. The molecule has 1 saturated heterocycles. The third kappa shape index (κ3) is 2.58. The van der Waals surface area contributed by atoms with Crippen molar-refractivity contribution in [2.75, 3.05) is 6.54 Å². The Kier molecular flexibility index (Phi) is 4.35. The SMILES string of the molecule is CC1CC(C)C(CN)C(c2cscc2C(F)F)N1. The van der Waals surface area contributed by atoms with Gasteiger partial charge in [-0.3, -0.25) is 0 Å². The molecule has 102 valence electrons. The Morgan fingerprint density at radius 3 is 2.78 bits per heavy atom. The molecule has 18 heavy (non-hydrogen) atoms. The van der Waals surface area contributed by atoms with Crippen molar-refractivity contribution in [3.05, 3.63) is 21.9 Å². The van der Waals surface area contributed by atoms with E-state index >= 15 is 0 Å². The summed E-state index contributed by atoms with van der Waals surface area (Å²) in [5.41, 5.74) is 6.74. The van der Waals surface area contributed by atoms with E-state index in [1.165, 1.54) is 11.3 Å². The van der Waals surface area contributed by atoms with Crippen molar-refractivity contribution in [1.82, 2.24) is 5.32 Å². The van der Waals surface area contributed by atoms with E-state index in [4.69, 9.17) is 5.73 Å². The van der Waals surface area contributed by atoms with Crippen molar-refractivity contribution in [2.24, 2.45) is 17.6 Å². The number of hydrogen-bond acceptors (Lipinski definition) is 3. The van der Waals surface area contributed by atoms with Crippen LogP contribution in [0.15, 0.2) is 10.8 Å². The van der Waals surface area contributed by atoms with Crippen LogP contribution in [0.2, 0.25) is 0 Å². The van der Waals surface area contributed by atoms with Crippen LogP contribution in [0.4, 0.5) is 8.78 Å². The predicted octanol–water partition coefficient (Wildman–Crippen LogP) is 3.32. The zero-order valence-corrected chi connectivity index (χ0v) is 11.5. The Morgan fingerprint density at radius 2 is 2.17 bits per heavy atom. The molecule has 4 atom stereocenters. The Bertz CT molecular complexity index is 394. The molecule has 1 aliphatic rings. The van der Waals surface area contributed by atoms with Gasteiger partial charge in [0.2, 0.25) is 0 Å². The van der Waals surface area contributed by atoms with Gasteiger partial charge in [0.05, 0.1) is 0 Å². The van der Waals surface area contributed by atoms with Gasteiger partial charge in [0.1, 0.15) is 0 Å². The summed E-state index contributed by atoms with van der Waals surface area (Å²) < 4.78 is 26.0. The molecule has 0 aromatic carbocycles. The second-order valence-corrected chi connectivity index (χ2v) is 5.98. The first-order valence-corrected chi connectivity index (χ1v) is 7.29. The summed E-state index contributed by atoms with van der Waals surface area (Å²) >= 11 is 1.34. The molecule has 4 unspecified atom stereocenters. The largest absolute Gasteiger partial charge is 0.330 e. The smallest absolute Gasteiger partial charge is 0.264 e. The molecule has 1 aromatic rings. The molecule has 5 heteroatoms. The van der Waals surface area contributed by atoms with Gasteiger partial charge in [-0.25, -0.2) is 8.78 Å². The lowest BCUT2D eigenvalue weighted by Crippen LogP contribution is -2.47. The topological polar surface area (TPSA) is 38.0 Å². The lowest BCUT2D eigenvalue weighted by Gasteiger charge is -2.40. The normalized spacial score (nSPS) is 33.0. The molecule has 0 saturated carbocycles. The highest BCUT2D eigenvalue weighted by Gasteiger charge is 2.35. The lowest BCUT2D eigenvalue weighted by atomic mass is 9.76. The summed E-state index contributed by atoms with van der Waals surface area (Å²) in [4.78, 5) is 0. The van der Waals surface area contributed by atoms with Crippen LogP contribution in [-0.4, -0.2) is 12.6 Å².